The molecule has 1 N–H and O–H groups in total. The highest BCUT2D eigenvalue weighted by molar-refractivity contribution is 7.10. The van der Waals surface area contributed by atoms with Crippen LogP contribution in [0.2, 0.25) is 0 Å². The minimum absolute atomic E-state index is 0.217. The Morgan fingerprint density at radius 2 is 1.89 bits per heavy atom. The van der Waals surface area contributed by atoms with Gasteiger partial charge in [0.1, 0.15) is 11.9 Å². The molecule has 38 heavy (non-hydrogen) atoms. The second-order valence-corrected chi connectivity index (χ2v) is 9.93. The van der Waals surface area contributed by atoms with Gasteiger partial charge in [-0.1, -0.05) is 49.7 Å². The minimum Gasteiger partial charge on any atom is -0.449 e. The summed E-state index contributed by atoms with van der Waals surface area (Å²) in [6, 6.07) is 14.8. The van der Waals surface area contributed by atoms with Crippen LogP contribution in [0.3, 0.4) is 0 Å². The number of rotatable bonds is 8. The van der Waals surface area contributed by atoms with E-state index in [-0.39, 0.29) is 17.9 Å². The van der Waals surface area contributed by atoms with Gasteiger partial charge in [0.05, 0.1) is 18.8 Å². The number of ether oxygens (including phenoxy) is 1. The Morgan fingerprint density at radius 3 is 2.61 bits per heavy atom. The average molecular weight is 544 g/mol. The molecule has 1 aliphatic rings. The van der Waals surface area contributed by atoms with Gasteiger partial charge in [0, 0.05) is 35.6 Å². The van der Waals surface area contributed by atoms with Crippen LogP contribution in [0.15, 0.2) is 53.9 Å². The fourth-order valence-electron chi connectivity index (χ4n) is 4.27. The Morgan fingerprint density at radius 1 is 1.16 bits per heavy atom. The lowest BCUT2D eigenvalue weighted by molar-refractivity contribution is 0.0916. The summed E-state index contributed by atoms with van der Waals surface area (Å²) in [5.74, 6) is -0.0640. The highest BCUT2D eigenvalue weighted by Crippen LogP contribution is 2.33. The Bertz CT molecular complexity index is 1190. The maximum absolute atomic E-state index is 13.8. The van der Waals surface area contributed by atoms with Gasteiger partial charge >= 0.3 is 6.09 Å². The topological polar surface area (TPSA) is 71.5 Å². The third kappa shape index (κ3) is 7.60. The monoisotopic (exact) mass is 543 g/mol. The lowest BCUT2D eigenvalue weighted by Gasteiger charge is -2.30. The molecule has 0 spiro atoms. The molecule has 3 aromatic rings. The number of para-hydroxylation sites is 1. The number of likely N-dealkylation sites (tertiary alicyclic amines) is 1. The zero-order chi connectivity index (χ0) is 27.5. The molecule has 1 fully saturated rings. The number of carbonyl (C=O) groups is 2. The highest BCUT2D eigenvalue weighted by Gasteiger charge is 2.27. The molecule has 204 valence electrons. The van der Waals surface area contributed by atoms with Crippen molar-refractivity contribution >= 4 is 29.0 Å². The number of hydrogen-bond acceptors (Lipinski definition) is 5. The first kappa shape index (κ1) is 29.2. The van der Waals surface area contributed by atoms with Crippen molar-refractivity contribution in [1.82, 2.24) is 9.88 Å². The molecular formula is C29H35F2N3O3S. The van der Waals surface area contributed by atoms with Gasteiger partial charge < -0.3 is 15.0 Å². The predicted molar refractivity (Wildman–Crippen MR) is 148 cm³/mol. The van der Waals surface area contributed by atoms with Crippen LogP contribution in [0.25, 0.3) is 11.1 Å². The molecule has 0 bridgehead atoms. The molecule has 4 rings (SSSR count). The molecule has 1 saturated heterocycles. The second-order valence-electron chi connectivity index (χ2n) is 9.04. The molecule has 2 heterocycles. The van der Waals surface area contributed by atoms with E-state index >= 15 is 0 Å². The van der Waals surface area contributed by atoms with Crippen molar-refractivity contribution in [2.75, 3.05) is 32.2 Å². The standard InChI is InChI=1S/C28H32FN3O3S.CH3F/c1-3-4-16-35-28(34)32-14-12-20(13-15-32)27-31-25(18-36-27)26(33)30-24-11-6-5-10-23(24)22-9-7-8-21(17-22)19(2)29;1-2/h5-11,17-20H,3-4,12-16H2,1-2H3,(H,30,33);1H3. The Kier molecular flexibility index (Phi) is 11.2. The van der Waals surface area contributed by atoms with E-state index in [0.29, 0.717) is 43.8 Å². The van der Waals surface area contributed by atoms with Gasteiger partial charge in [-0.05, 0) is 49.4 Å². The van der Waals surface area contributed by atoms with E-state index in [1.807, 2.05) is 42.5 Å². The van der Waals surface area contributed by atoms with E-state index in [1.165, 1.54) is 18.3 Å². The maximum atomic E-state index is 13.8. The molecular weight excluding hydrogens is 508 g/mol. The Balaban J connectivity index is 0.00000195. The number of nitrogens with zero attached hydrogens (tertiary/aromatic N) is 2. The molecule has 1 aliphatic heterocycles. The van der Waals surface area contributed by atoms with Crippen LogP contribution in [0.5, 0.6) is 0 Å². The number of nitrogens with one attached hydrogen (secondary N) is 1. The predicted octanol–water partition coefficient (Wildman–Crippen LogP) is 7.79. The maximum Gasteiger partial charge on any atom is 0.409 e. The van der Waals surface area contributed by atoms with E-state index in [1.54, 1.807) is 16.3 Å². The summed E-state index contributed by atoms with van der Waals surface area (Å²) >= 11 is 1.48. The van der Waals surface area contributed by atoms with Gasteiger partial charge in [-0.3, -0.25) is 9.18 Å². The van der Waals surface area contributed by atoms with Crippen LogP contribution in [0.1, 0.15) is 72.7 Å². The SMILES string of the molecule is CCCCOC(=O)N1CCC(c2nc(C(=O)Nc3ccccc3-c3cccc(C(C)F)c3)cs2)CC1.CF. The van der Waals surface area contributed by atoms with E-state index in [0.717, 1.165) is 41.8 Å². The fraction of sp³-hybridized carbons (Fsp3) is 0.414. The minimum atomic E-state index is -1.07. The summed E-state index contributed by atoms with van der Waals surface area (Å²) in [5.41, 5.74) is 3.28. The number of piperidine rings is 1. The summed E-state index contributed by atoms with van der Waals surface area (Å²) in [7, 11) is 0.500. The van der Waals surface area contributed by atoms with Crippen molar-refractivity contribution in [3.05, 3.63) is 70.2 Å². The van der Waals surface area contributed by atoms with E-state index in [4.69, 9.17) is 4.74 Å². The number of alkyl halides is 2. The lowest BCUT2D eigenvalue weighted by atomic mass is 9.98. The number of hydrogen-bond donors (Lipinski definition) is 1. The van der Waals surface area contributed by atoms with Crippen LogP contribution in [0.4, 0.5) is 19.3 Å². The van der Waals surface area contributed by atoms with Gasteiger partial charge in [-0.15, -0.1) is 11.3 Å². The number of anilines is 1. The van der Waals surface area contributed by atoms with Gasteiger partial charge in [0.15, 0.2) is 0 Å². The smallest absolute Gasteiger partial charge is 0.409 e. The Hall–Kier alpha value is -3.33. The van der Waals surface area contributed by atoms with Crippen molar-refractivity contribution in [3.8, 4) is 11.1 Å². The van der Waals surface area contributed by atoms with Crippen LogP contribution in [-0.4, -0.2) is 48.8 Å². The lowest BCUT2D eigenvalue weighted by Crippen LogP contribution is -2.38. The number of thiazole rings is 1. The number of carbonyl (C=O) groups excluding carboxylic acids is 2. The van der Waals surface area contributed by atoms with Crippen molar-refractivity contribution in [1.29, 1.82) is 0 Å². The quantitative estimate of drug-likeness (QED) is 0.294. The number of halogens is 2. The van der Waals surface area contributed by atoms with Gasteiger partial charge in [-0.25, -0.2) is 14.2 Å². The summed E-state index contributed by atoms with van der Waals surface area (Å²) in [6.45, 7) is 5.29. The highest BCUT2D eigenvalue weighted by atomic mass is 32.1. The second kappa shape index (κ2) is 14.6. The van der Waals surface area contributed by atoms with Gasteiger partial charge in [-0.2, -0.15) is 0 Å². The molecule has 2 amide bonds. The number of benzene rings is 2. The van der Waals surface area contributed by atoms with Crippen LogP contribution in [-0.2, 0) is 4.74 Å². The molecule has 0 radical (unpaired) electrons. The fourth-order valence-corrected chi connectivity index (χ4v) is 5.24. The molecule has 0 aliphatic carbocycles. The summed E-state index contributed by atoms with van der Waals surface area (Å²) in [6.07, 6.45) is 2.14. The van der Waals surface area contributed by atoms with E-state index in [2.05, 4.69) is 17.2 Å². The third-order valence-corrected chi connectivity index (χ3v) is 7.42. The molecule has 0 saturated carbocycles. The molecule has 1 atom stereocenters. The van der Waals surface area contributed by atoms with Crippen molar-refractivity contribution in [2.45, 2.75) is 51.6 Å². The average Bonchev–Trinajstić information content (AvgIpc) is 3.45. The van der Waals surface area contributed by atoms with Gasteiger partial charge in [0.25, 0.3) is 5.91 Å². The van der Waals surface area contributed by atoms with E-state index in [9.17, 15) is 18.4 Å². The normalized spacial score (nSPS) is 14.3. The molecule has 9 heteroatoms. The number of amides is 2. The summed E-state index contributed by atoms with van der Waals surface area (Å²) in [5, 5.41) is 5.67. The van der Waals surface area contributed by atoms with Crippen LogP contribution >= 0.6 is 11.3 Å². The summed E-state index contributed by atoms with van der Waals surface area (Å²) in [4.78, 5) is 31.6. The molecule has 1 aromatic heterocycles. The van der Waals surface area contributed by atoms with Crippen molar-refractivity contribution in [3.63, 3.8) is 0 Å². The zero-order valence-corrected chi connectivity index (χ0v) is 22.9. The van der Waals surface area contributed by atoms with Crippen molar-refractivity contribution in [2.24, 2.45) is 0 Å². The first-order chi connectivity index (χ1) is 18.5. The first-order valence-corrected chi connectivity index (χ1v) is 13.7. The van der Waals surface area contributed by atoms with Gasteiger partial charge in [0.2, 0.25) is 0 Å². The molecule has 6 nitrogen and oxygen atoms in total. The Labute approximate surface area is 227 Å². The summed E-state index contributed by atoms with van der Waals surface area (Å²) < 4.78 is 28.7. The third-order valence-electron chi connectivity index (χ3n) is 6.41. The van der Waals surface area contributed by atoms with E-state index < -0.39 is 6.17 Å². The first-order valence-electron chi connectivity index (χ1n) is 12.9. The number of unbranched alkanes of at least 4 members (excludes halogenated alkanes) is 1. The molecule has 1 unspecified atom stereocenters. The number of aromatic nitrogens is 1. The largest absolute Gasteiger partial charge is 0.449 e. The van der Waals surface area contributed by atoms with Crippen molar-refractivity contribution < 1.29 is 23.1 Å². The van der Waals surface area contributed by atoms with Crippen LogP contribution < -0.4 is 5.32 Å². The zero-order valence-electron chi connectivity index (χ0n) is 22.1. The van der Waals surface area contributed by atoms with Crippen LogP contribution in [0, 0.1) is 0 Å². The molecule has 2 aromatic carbocycles.